The van der Waals surface area contributed by atoms with Crippen LogP contribution in [0.3, 0.4) is 0 Å². The van der Waals surface area contributed by atoms with Crippen LogP contribution in [0, 0.1) is 6.92 Å². The summed E-state index contributed by atoms with van der Waals surface area (Å²) in [7, 11) is 0. The van der Waals surface area contributed by atoms with Crippen molar-refractivity contribution in [3.8, 4) is 11.4 Å². The molecule has 142 valence electrons. The van der Waals surface area contributed by atoms with Crippen molar-refractivity contribution in [2.24, 2.45) is 0 Å². The number of carbonyl (C=O) groups excluding carboxylic acids is 1. The van der Waals surface area contributed by atoms with E-state index in [1.165, 1.54) is 5.56 Å². The van der Waals surface area contributed by atoms with Gasteiger partial charge in [-0.2, -0.15) is 4.98 Å². The standard InChI is InChI=1S/C18H23N7O2/c1-3-24(18(26)19-9-4-11-25-12-10-20-23-25)13-16-21-17(22-27-16)15-7-5-14(2)6-8-15/h5-8,10,12H,3-4,9,11,13H2,1-2H3,(H,19,26). The highest BCUT2D eigenvalue weighted by atomic mass is 16.5. The lowest BCUT2D eigenvalue weighted by Crippen LogP contribution is -2.40. The smallest absolute Gasteiger partial charge is 0.317 e. The van der Waals surface area contributed by atoms with Crippen LogP contribution in [-0.2, 0) is 13.1 Å². The first-order valence-electron chi connectivity index (χ1n) is 8.92. The summed E-state index contributed by atoms with van der Waals surface area (Å²) in [4.78, 5) is 18.4. The van der Waals surface area contributed by atoms with E-state index in [4.69, 9.17) is 4.52 Å². The van der Waals surface area contributed by atoms with Gasteiger partial charge >= 0.3 is 6.03 Å². The molecular formula is C18H23N7O2. The van der Waals surface area contributed by atoms with Crippen molar-refractivity contribution in [1.82, 2.24) is 35.4 Å². The van der Waals surface area contributed by atoms with E-state index in [0.717, 1.165) is 12.0 Å². The van der Waals surface area contributed by atoms with Crippen molar-refractivity contribution in [2.75, 3.05) is 13.1 Å². The van der Waals surface area contributed by atoms with Gasteiger partial charge in [0.2, 0.25) is 11.7 Å². The van der Waals surface area contributed by atoms with Crippen molar-refractivity contribution in [3.63, 3.8) is 0 Å². The number of rotatable bonds is 8. The minimum atomic E-state index is -0.161. The summed E-state index contributed by atoms with van der Waals surface area (Å²) in [5.74, 6) is 0.930. The first-order valence-corrected chi connectivity index (χ1v) is 8.92. The monoisotopic (exact) mass is 369 g/mol. The number of aromatic nitrogens is 5. The van der Waals surface area contributed by atoms with Gasteiger partial charge < -0.3 is 14.7 Å². The fourth-order valence-electron chi connectivity index (χ4n) is 2.53. The summed E-state index contributed by atoms with van der Waals surface area (Å²) < 4.78 is 7.04. The van der Waals surface area contributed by atoms with Gasteiger partial charge in [-0.3, -0.25) is 4.68 Å². The van der Waals surface area contributed by atoms with Crippen molar-refractivity contribution in [2.45, 2.75) is 33.4 Å². The Morgan fingerprint density at radius 1 is 1.30 bits per heavy atom. The van der Waals surface area contributed by atoms with E-state index in [-0.39, 0.29) is 12.6 Å². The summed E-state index contributed by atoms with van der Waals surface area (Å²) >= 11 is 0. The Hall–Kier alpha value is -3.23. The van der Waals surface area contributed by atoms with Crippen LogP contribution in [0.25, 0.3) is 11.4 Å². The molecule has 0 atom stereocenters. The minimum absolute atomic E-state index is 0.161. The second-order valence-corrected chi connectivity index (χ2v) is 6.14. The van der Waals surface area contributed by atoms with Gasteiger partial charge in [-0.05, 0) is 20.3 Å². The molecule has 0 spiro atoms. The molecule has 0 bridgehead atoms. The van der Waals surface area contributed by atoms with Crippen LogP contribution in [0.2, 0.25) is 0 Å². The molecule has 2 heterocycles. The summed E-state index contributed by atoms with van der Waals surface area (Å²) in [6.07, 6.45) is 4.19. The van der Waals surface area contributed by atoms with Gasteiger partial charge in [0.1, 0.15) is 6.54 Å². The number of hydrogen-bond donors (Lipinski definition) is 1. The molecule has 2 aromatic heterocycles. The molecule has 1 N–H and O–H groups in total. The number of carbonyl (C=O) groups is 1. The fourth-order valence-corrected chi connectivity index (χ4v) is 2.53. The predicted molar refractivity (Wildman–Crippen MR) is 98.6 cm³/mol. The van der Waals surface area contributed by atoms with Gasteiger partial charge in [-0.1, -0.05) is 40.2 Å². The van der Waals surface area contributed by atoms with Crippen LogP contribution in [0.15, 0.2) is 41.2 Å². The molecule has 1 aromatic carbocycles. The summed E-state index contributed by atoms with van der Waals surface area (Å²) in [5, 5.41) is 14.5. The molecule has 27 heavy (non-hydrogen) atoms. The van der Waals surface area contributed by atoms with Gasteiger partial charge in [-0.25, -0.2) is 4.79 Å². The normalized spacial score (nSPS) is 10.7. The van der Waals surface area contributed by atoms with Crippen LogP contribution in [0.4, 0.5) is 4.79 Å². The summed E-state index contributed by atoms with van der Waals surface area (Å²) in [6.45, 7) is 5.99. The molecule has 0 radical (unpaired) electrons. The number of benzene rings is 1. The highest BCUT2D eigenvalue weighted by molar-refractivity contribution is 5.74. The van der Waals surface area contributed by atoms with E-state index in [9.17, 15) is 4.79 Å². The van der Waals surface area contributed by atoms with Gasteiger partial charge in [0.15, 0.2) is 0 Å². The number of nitrogens with one attached hydrogen (secondary N) is 1. The second kappa shape index (κ2) is 8.93. The molecule has 0 saturated carbocycles. The van der Waals surface area contributed by atoms with Gasteiger partial charge in [0.05, 0.1) is 6.20 Å². The third-order valence-corrected chi connectivity index (χ3v) is 4.09. The van der Waals surface area contributed by atoms with Crippen LogP contribution in [-0.4, -0.2) is 49.2 Å². The fraction of sp³-hybridized carbons (Fsp3) is 0.389. The zero-order valence-corrected chi connectivity index (χ0v) is 15.5. The Labute approximate surface area is 157 Å². The molecule has 0 aliphatic heterocycles. The molecule has 0 aliphatic carbocycles. The predicted octanol–water partition coefficient (Wildman–Crippen LogP) is 2.26. The molecular weight excluding hydrogens is 346 g/mol. The second-order valence-electron chi connectivity index (χ2n) is 6.14. The van der Waals surface area contributed by atoms with E-state index in [1.807, 2.05) is 38.1 Å². The van der Waals surface area contributed by atoms with Crippen molar-refractivity contribution >= 4 is 6.03 Å². The van der Waals surface area contributed by atoms with E-state index in [2.05, 4.69) is 25.8 Å². The maximum Gasteiger partial charge on any atom is 0.317 e. The van der Waals surface area contributed by atoms with Crippen LogP contribution >= 0.6 is 0 Å². The van der Waals surface area contributed by atoms with E-state index in [0.29, 0.717) is 31.3 Å². The third kappa shape index (κ3) is 5.13. The average molecular weight is 369 g/mol. The van der Waals surface area contributed by atoms with E-state index >= 15 is 0 Å². The first-order chi connectivity index (χ1) is 13.2. The molecule has 9 nitrogen and oxygen atoms in total. The molecule has 0 unspecified atom stereocenters. The van der Waals surface area contributed by atoms with Crippen LogP contribution < -0.4 is 5.32 Å². The van der Waals surface area contributed by atoms with Crippen molar-refractivity contribution in [3.05, 3.63) is 48.1 Å². The van der Waals surface area contributed by atoms with Crippen molar-refractivity contribution in [1.29, 1.82) is 0 Å². The summed E-state index contributed by atoms with van der Waals surface area (Å²) in [5.41, 5.74) is 2.05. The van der Waals surface area contributed by atoms with Crippen molar-refractivity contribution < 1.29 is 9.32 Å². The zero-order chi connectivity index (χ0) is 19.1. The Kier molecular flexibility index (Phi) is 6.14. The molecule has 2 amide bonds. The Morgan fingerprint density at radius 3 is 2.81 bits per heavy atom. The topological polar surface area (TPSA) is 102 Å². The molecule has 0 fully saturated rings. The molecule has 3 aromatic rings. The van der Waals surface area contributed by atoms with Gasteiger partial charge in [0.25, 0.3) is 0 Å². The number of amides is 2. The maximum atomic E-state index is 12.3. The van der Waals surface area contributed by atoms with E-state index in [1.54, 1.807) is 22.0 Å². The Morgan fingerprint density at radius 2 is 2.11 bits per heavy atom. The summed E-state index contributed by atoms with van der Waals surface area (Å²) in [6, 6.07) is 7.73. The zero-order valence-electron chi connectivity index (χ0n) is 15.5. The van der Waals surface area contributed by atoms with Crippen LogP contribution in [0.5, 0.6) is 0 Å². The van der Waals surface area contributed by atoms with E-state index < -0.39 is 0 Å². The lowest BCUT2D eigenvalue weighted by Gasteiger charge is -2.19. The molecule has 3 rings (SSSR count). The highest BCUT2D eigenvalue weighted by Crippen LogP contribution is 2.17. The number of nitrogens with zero attached hydrogens (tertiary/aromatic N) is 6. The Balaban J connectivity index is 1.50. The van der Waals surface area contributed by atoms with Gasteiger partial charge in [-0.15, -0.1) is 5.10 Å². The third-order valence-electron chi connectivity index (χ3n) is 4.09. The Bertz CT molecular complexity index is 843. The number of aryl methyl sites for hydroxylation is 2. The van der Waals surface area contributed by atoms with Crippen LogP contribution in [0.1, 0.15) is 24.8 Å². The maximum absolute atomic E-state index is 12.3. The quantitative estimate of drug-likeness (QED) is 0.611. The minimum Gasteiger partial charge on any atom is -0.338 e. The lowest BCUT2D eigenvalue weighted by molar-refractivity contribution is 0.189. The molecule has 9 heteroatoms. The lowest BCUT2D eigenvalue weighted by atomic mass is 10.1. The average Bonchev–Trinajstić information content (AvgIpc) is 3.36. The number of urea groups is 1. The highest BCUT2D eigenvalue weighted by Gasteiger charge is 2.16. The largest absolute Gasteiger partial charge is 0.338 e. The number of hydrogen-bond acceptors (Lipinski definition) is 6. The van der Waals surface area contributed by atoms with Gasteiger partial charge in [0, 0.05) is 31.4 Å². The molecule has 0 aliphatic rings. The molecule has 0 saturated heterocycles. The first kappa shape index (κ1) is 18.6. The SMILES string of the molecule is CCN(Cc1nc(-c2ccc(C)cc2)no1)C(=O)NCCCn1ccnn1.